The Morgan fingerprint density at radius 1 is 1.15 bits per heavy atom. The van der Waals surface area contributed by atoms with E-state index in [0.717, 1.165) is 44.7 Å². The molecule has 0 aromatic rings. The Kier molecular flexibility index (Phi) is 5.87. The topological polar surface area (TPSA) is 49.4 Å². The summed E-state index contributed by atoms with van der Waals surface area (Å²) in [4.78, 5) is 2.51. The fraction of sp³-hybridized carbons (Fsp3) is 1.00. The second-order valence-corrected chi connectivity index (χ2v) is 9.03. The number of hydrogen-bond acceptors (Lipinski definition) is 4. The molecule has 0 aromatic carbocycles. The van der Waals surface area contributed by atoms with Gasteiger partial charge in [-0.15, -0.1) is 0 Å². The highest BCUT2D eigenvalue weighted by molar-refractivity contribution is 7.91. The van der Waals surface area contributed by atoms with E-state index in [2.05, 4.69) is 17.1 Å². The van der Waals surface area contributed by atoms with Crippen molar-refractivity contribution in [2.45, 2.75) is 56.7 Å². The first-order chi connectivity index (χ1) is 9.47. The minimum atomic E-state index is -2.92. The van der Waals surface area contributed by atoms with Crippen LogP contribution in [-0.2, 0) is 9.84 Å². The van der Waals surface area contributed by atoms with Gasteiger partial charge in [0.15, 0.2) is 9.84 Å². The van der Waals surface area contributed by atoms with E-state index in [0.29, 0.717) is 0 Å². The molecule has 1 aliphatic heterocycles. The van der Waals surface area contributed by atoms with Gasteiger partial charge >= 0.3 is 0 Å². The quantitative estimate of drug-likeness (QED) is 0.839. The van der Waals surface area contributed by atoms with Gasteiger partial charge in [0.25, 0.3) is 0 Å². The lowest BCUT2D eigenvalue weighted by Crippen LogP contribution is -2.48. The Bertz CT molecular complexity index is 397. The Morgan fingerprint density at radius 2 is 1.90 bits per heavy atom. The van der Waals surface area contributed by atoms with Gasteiger partial charge in [-0.25, -0.2) is 8.42 Å². The molecule has 1 saturated carbocycles. The van der Waals surface area contributed by atoms with Crippen molar-refractivity contribution in [3.05, 3.63) is 0 Å². The van der Waals surface area contributed by atoms with Crippen LogP contribution in [0.5, 0.6) is 0 Å². The second kappa shape index (κ2) is 7.23. The predicted molar refractivity (Wildman–Crippen MR) is 83.7 cm³/mol. The molecule has 0 unspecified atom stereocenters. The lowest BCUT2D eigenvalue weighted by molar-refractivity contribution is 0.181. The fourth-order valence-corrected chi connectivity index (χ4v) is 5.16. The van der Waals surface area contributed by atoms with Crippen molar-refractivity contribution in [1.29, 1.82) is 0 Å². The van der Waals surface area contributed by atoms with Crippen molar-refractivity contribution in [3.8, 4) is 0 Å². The largest absolute Gasteiger partial charge is 0.311 e. The zero-order chi connectivity index (χ0) is 14.6. The highest BCUT2D eigenvalue weighted by Gasteiger charge is 2.32. The summed E-state index contributed by atoms with van der Waals surface area (Å²) < 4.78 is 23.7. The van der Waals surface area contributed by atoms with Crippen LogP contribution >= 0.6 is 0 Å². The summed E-state index contributed by atoms with van der Waals surface area (Å²) in [5, 5.41) is 3.35. The third kappa shape index (κ3) is 4.71. The molecule has 1 heterocycles. The summed E-state index contributed by atoms with van der Waals surface area (Å²) in [7, 11) is -2.92. The molecule has 3 atom stereocenters. The van der Waals surface area contributed by atoms with E-state index in [-0.39, 0.29) is 11.3 Å². The molecule has 0 aromatic heterocycles. The maximum Gasteiger partial charge on any atom is 0.151 e. The first-order valence-corrected chi connectivity index (χ1v) is 10.1. The Morgan fingerprint density at radius 3 is 2.60 bits per heavy atom. The highest BCUT2D eigenvalue weighted by atomic mass is 32.2. The Labute approximate surface area is 124 Å². The third-order valence-electron chi connectivity index (χ3n) is 4.83. The standard InChI is InChI=1S/C15H30N2O2S/c1-13-6-5-10-17(12-13)11-9-16-14-7-3-4-8-15(14)20(2,18)19/h13-16H,3-12H2,1-2H3/t13-,14-,15+/m1/s1. The molecular weight excluding hydrogens is 272 g/mol. The molecule has 1 saturated heterocycles. The third-order valence-corrected chi connectivity index (χ3v) is 6.49. The van der Waals surface area contributed by atoms with Crippen LogP contribution in [0.25, 0.3) is 0 Å². The van der Waals surface area contributed by atoms with Crippen LogP contribution in [0.1, 0.15) is 45.4 Å². The van der Waals surface area contributed by atoms with Crippen LogP contribution in [0.3, 0.4) is 0 Å². The summed E-state index contributed by atoms with van der Waals surface area (Å²) in [5.74, 6) is 0.808. The molecule has 0 amide bonds. The Balaban J connectivity index is 1.77. The molecule has 4 nitrogen and oxygen atoms in total. The van der Waals surface area contributed by atoms with E-state index in [4.69, 9.17) is 0 Å². The summed E-state index contributed by atoms with van der Waals surface area (Å²) >= 11 is 0. The predicted octanol–water partition coefficient (Wildman–Crippen LogP) is 1.66. The fourth-order valence-electron chi connectivity index (χ4n) is 3.74. The molecule has 0 bridgehead atoms. The SMILES string of the molecule is C[C@@H]1CCCN(CCN[C@@H]2CCCC[C@@H]2S(C)(=O)=O)C1. The summed E-state index contributed by atoms with van der Waals surface area (Å²) in [6, 6.07) is 0.168. The molecule has 2 aliphatic rings. The number of rotatable bonds is 5. The first kappa shape index (κ1) is 16.2. The highest BCUT2D eigenvalue weighted by Crippen LogP contribution is 2.24. The number of sulfone groups is 1. The van der Waals surface area contributed by atoms with Gasteiger partial charge in [0.05, 0.1) is 5.25 Å². The van der Waals surface area contributed by atoms with E-state index in [1.807, 2.05) is 0 Å². The summed E-state index contributed by atoms with van der Waals surface area (Å²) in [6.07, 6.45) is 8.10. The van der Waals surface area contributed by atoms with Crippen molar-refractivity contribution in [2.75, 3.05) is 32.4 Å². The van der Waals surface area contributed by atoms with Crippen molar-refractivity contribution in [2.24, 2.45) is 5.92 Å². The van der Waals surface area contributed by atoms with Gasteiger partial charge in [-0.1, -0.05) is 19.8 Å². The molecule has 2 rings (SSSR count). The molecule has 2 fully saturated rings. The van der Waals surface area contributed by atoms with Gasteiger partial charge in [0.1, 0.15) is 0 Å². The maximum atomic E-state index is 11.9. The van der Waals surface area contributed by atoms with Crippen molar-refractivity contribution < 1.29 is 8.42 Å². The smallest absolute Gasteiger partial charge is 0.151 e. The van der Waals surface area contributed by atoms with Gasteiger partial charge in [-0.3, -0.25) is 0 Å². The van der Waals surface area contributed by atoms with Crippen molar-refractivity contribution in [3.63, 3.8) is 0 Å². The number of piperidine rings is 1. The molecule has 118 valence electrons. The molecular formula is C15H30N2O2S. The number of nitrogens with one attached hydrogen (secondary N) is 1. The number of nitrogens with zero attached hydrogens (tertiary/aromatic N) is 1. The van der Waals surface area contributed by atoms with E-state index in [1.54, 1.807) is 0 Å². The minimum absolute atomic E-state index is 0.168. The van der Waals surface area contributed by atoms with Gasteiger partial charge < -0.3 is 10.2 Å². The first-order valence-electron chi connectivity index (χ1n) is 8.11. The number of likely N-dealkylation sites (tertiary alicyclic amines) is 1. The maximum absolute atomic E-state index is 11.9. The summed E-state index contributed by atoms with van der Waals surface area (Å²) in [5.41, 5.74) is 0. The van der Waals surface area contributed by atoms with Crippen LogP contribution in [0.4, 0.5) is 0 Å². The zero-order valence-electron chi connectivity index (χ0n) is 13.0. The van der Waals surface area contributed by atoms with Crippen LogP contribution < -0.4 is 5.32 Å². The van der Waals surface area contributed by atoms with Crippen LogP contribution in [-0.4, -0.2) is 57.0 Å². The van der Waals surface area contributed by atoms with Crippen molar-refractivity contribution in [1.82, 2.24) is 10.2 Å². The zero-order valence-corrected chi connectivity index (χ0v) is 13.8. The monoisotopic (exact) mass is 302 g/mol. The lowest BCUT2D eigenvalue weighted by atomic mass is 9.95. The molecule has 1 N–H and O–H groups in total. The van der Waals surface area contributed by atoms with E-state index < -0.39 is 9.84 Å². The average Bonchev–Trinajstić information content (AvgIpc) is 2.38. The molecule has 5 heteroatoms. The summed E-state index contributed by atoms with van der Waals surface area (Å²) in [6.45, 7) is 6.69. The van der Waals surface area contributed by atoms with Gasteiger partial charge in [-0.05, 0) is 38.1 Å². The van der Waals surface area contributed by atoms with E-state index in [1.165, 1.54) is 32.2 Å². The van der Waals surface area contributed by atoms with E-state index >= 15 is 0 Å². The average molecular weight is 302 g/mol. The van der Waals surface area contributed by atoms with Gasteiger partial charge in [0, 0.05) is 31.9 Å². The molecule has 0 spiro atoms. The van der Waals surface area contributed by atoms with Crippen molar-refractivity contribution >= 4 is 9.84 Å². The second-order valence-electron chi connectivity index (χ2n) is 6.76. The van der Waals surface area contributed by atoms with Crippen LogP contribution in [0.2, 0.25) is 0 Å². The molecule has 0 radical (unpaired) electrons. The van der Waals surface area contributed by atoms with Gasteiger partial charge in [-0.2, -0.15) is 0 Å². The lowest BCUT2D eigenvalue weighted by Gasteiger charge is -2.34. The molecule has 20 heavy (non-hydrogen) atoms. The van der Waals surface area contributed by atoms with Crippen LogP contribution in [0, 0.1) is 5.92 Å². The minimum Gasteiger partial charge on any atom is -0.311 e. The molecule has 1 aliphatic carbocycles. The van der Waals surface area contributed by atoms with Gasteiger partial charge in [0.2, 0.25) is 0 Å². The number of hydrogen-bond donors (Lipinski definition) is 1. The Hall–Kier alpha value is -0.130. The van der Waals surface area contributed by atoms with E-state index in [9.17, 15) is 8.42 Å². The normalized spacial score (nSPS) is 33.2. The van der Waals surface area contributed by atoms with Crippen LogP contribution in [0.15, 0.2) is 0 Å².